The first-order chi connectivity index (χ1) is 14.0. The molecule has 2 aromatic rings. The van der Waals surface area contributed by atoms with Crippen molar-refractivity contribution in [2.24, 2.45) is 5.73 Å². The van der Waals surface area contributed by atoms with Gasteiger partial charge in [-0.15, -0.1) is 0 Å². The average Bonchev–Trinajstić information content (AvgIpc) is 2.67. The maximum atomic E-state index is 13.0. The summed E-state index contributed by atoms with van der Waals surface area (Å²) in [6.07, 6.45) is -7.30. The maximum absolute atomic E-state index is 13.0. The molecule has 8 heteroatoms. The Morgan fingerprint density at radius 2 is 1.07 bits per heavy atom. The number of hydrogen-bond donors (Lipinski definition) is 1. The highest BCUT2D eigenvalue weighted by atomic mass is 19.4. The zero-order valence-corrected chi connectivity index (χ0v) is 16.9. The predicted octanol–water partition coefficient (Wildman–Crippen LogP) is 6.59. The Bertz CT molecular complexity index is 775. The maximum Gasteiger partial charge on any atom is 0.416 e. The third-order valence-corrected chi connectivity index (χ3v) is 4.96. The fraction of sp³-hybridized carbons (Fsp3) is 0.455. The van der Waals surface area contributed by atoms with E-state index in [0.717, 1.165) is 37.1 Å². The van der Waals surface area contributed by atoms with Crippen LogP contribution in [0, 0.1) is 0 Å². The van der Waals surface area contributed by atoms with Crippen molar-refractivity contribution >= 4 is 0 Å². The molecule has 0 amide bonds. The molecule has 0 radical (unpaired) electrons. The minimum Gasteiger partial charge on any atom is -0.322 e. The van der Waals surface area contributed by atoms with Gasteiger partial charge in [-0.2, -0.15) is 26.3 Å². The van der Waals surface area contributed by atoms with Crippen molar-refractivity contribution in [2.75, 3.05) is 13.1 Å². The topological polar surface area (TPSA) is 29.3 Å². The zero-order chi connectivity index (χ0) is 22.5. The number of alkyl halides is 6. The lowest BCUT2D eigenvalue weighted by Gasteiger charge is -2.36. The highest BCUT2D eigenvalue weighted by Crippen LogP contribution is 2.37. The Morgan fingerprint density at radius 1 is 0.700 bits per heavy atom. The normalized spacial score (nSPS) is 14.7. The van der Waals surface area contributed by atoms with Crippen LogP contribution in [0.2, 0.25) is 0 Å². The summed E-state index contributed by atoms with van der Waals surface area (Å²) in [6.45, 7) is 5.29. The largest absolute Gasteiger partial charge is 0.416 e. The molecule has 0 fully saturated rings. The van der Waals surface area contributed by atoms with Gasteiger partial charge in [0.15, 0.2) is 0 Å². The highest BCUT2D eigenvalue weighted by Gasteiger charge is 2.33. The molecule has 0 spiro atoms. The zero-order valence-electron chi connectivity index (χ0n) is 16.9. The fourth-order valence-electron chi connectivity index (χ4n) is 3.56. The van der Waals surface area contributed by atoms with Crippen LogP contribution in [0.5, 0.6) is 0 Å². The lowest BCUT2D eigenvalue weighted by atomic mass is 9.91. The molecule has 0 heterocycles. The van der Waals surface area contributed by atoms with E-state index in [-0.39, 0.29) is 0 Å². The lowest BCUT2D eigenvalue weighted by Crippen LogP contribution is -2.37. The molecule has 2 atom stereocenters. The molecule has 0 aliphatic heterocycles. The second-order valence-corrected chi connectivity index (χ2v) is 7.25. The predicted molar refractivity (Wildman–Crippen MR) is 105 cm³/mol. The van der Waals surface area contributed by atoms with Crippen molar-refractivity contribution < 1.29 is 26.3 Å². The Kier molecular flexibility index (Phi) is 7.93. The molecular weight excluding hydrogens is 406 g/mol. The van der Waals surface area contributed by atoms with E-state index in [4.69, 9.17) is 5.73 Å². The van der Waals surface area contributed by atoms with Crippen LogP contribution in [-0.4, -0.2) is 18.0 Å². The number of nitrogens with two attached hydrogens (primary N) is 1. The lowest BCUT2D eigenvalue weighted by molar-refractivity contribution is -0.138. The molecule has 0 aromatic heterocycles. The number of halogens is 6. The second-order valence-electron chi connectivity index (χ2n) is 7.25. The van der Waals surface area contributed by atoms with Gasteiger partial charge in [-0.1, -0.05) is 38.1 Å². The summed E-state index contributed by atoms with van der Waals surface area (Å²) in [6, 6.07) is 8.26. The van der Waals surface area contributed by atoms with Crippen molar-refractivity contribution in [3.05, 3.63) is 70.8 Å². The summed E-state index contributed by atoms with van der Waals surface area (Å²) in [5, 5.41) is 0. The van der Waals surface area contributed by atoms with Gasteiger partial charge in [0.1, 0.15) is 0 Å². The first-order valence-electron chi connectivity index (χ1n) is 9.83. The highest BCUT2D eigenvalue weighted by molar-refractivity contribution is 5.32. The van der Waals surface area contributed by atoms with E-state index in [0.29, 0.717) is 24.2 Å². The van der Waals surface area contributed by atoms with Crippen LogP contribution in [0.15, 0.2) is 48.5 Å². The minimum absolute atomic E-state index is 0.469. The number of nitrogens with zero attached hydrogens (tertiary/aromatic N) is 1. The van der Waals surface area contributed by atoms with Crippen molar-refractivity contribution in [3.8, 4) is 0 Å². The van der Waals surface area contributed by atoms with E-state index in [2.05, 4.69) is 4.90 Å². The molecule has 166 valence electrons. The molecule has 30 heavy (non-hydrogen) atoms. The standard InChI is InChI=1S/C22H26F6N2/c1-3-13-30(14-4-2)20(16-7-11-18(12-8-16)22(26,27)28)19(29)15-5-9-17(10-6-15)21(23,24)25/h5-12,19-20H,3-4,13-14,29H2,1-2H3/t19-,20-/m0/s1. The van der Waals surface area contributed by atoms with E-state index >= 15 is 0 Å². The molecule has 0 aliphatic carbocycles. The van der Waals surface area contributed by atoms with E-state index < -0.39 is 35.6 Å². The minimum atomic E-state index is -4.45. The fourth-order valence-corrected chi connectivity index (χ4v) is 3.56. The summed E-state index contributed by atoms with van der Waals surface area (Å²) in [4.78, 5) is 2.07. The molecule has 0 bridgehead atoms. The van der Waals surface area contributed by atoms with Crippen LogP contribution >= 0.6 is 0 Å². The molecule has 2 nitrogen and oxygen atoms in total. The Hall–Kier alpha value is -2.06. The van der Waals surface area contributed by atoms with Crippen LogP contribution in [-0.2, 0) is 12.4 Å². The van der Waals surface area contributed by atoms with Crippen LogP contribution in [0.25, 0.3) is 0 Å². The van der Waals surface area contributed by atoms with E-state index in [1.54, 1.807) is 0 Å². The second kappa shape index (κ2) is 9.83. The molecule has 0 saturated heterocycles. The Labute approximate surface area is 172 Å². The summed E-state index contributed by atoms with van der Waals surface area (Å²) >= 11 is 0. The SMILES string of the molecule is CCCN(CCC)[C@@H](c1ccc(C(F)(F)F)cc1)[C@@H](N)c1ccc(C(F)(F)F)cc1. The van der Waals surface area contributed by atoms with Crippen LogP contribution in [0.1, 0.15) is 61.0 Å². The first kappa shape index (κ1) is 24.2. The van der Waals surface area contributed by atoms with Gasteiger partial charge in [0.2, 0.25) is 0 Å². The van der Waals surface area contributed by atoms with Crippen molar-refractivity contribution in [2.45, 2.75) is 51.1 Å². The Balaban J connectivity index is 2.44. The monoisotopic (exact) mass is 432 g/mol. The van der Waals surface area contributed by atoms with Gasteiger partial charge in [-0.05, 0) is 61.3 Å². The van der Waals surface area contributed by atoms with Crippen LogP contribution < -0.4 is 5.73 Å². The van der Waals surface area contributed by atoms with Crippen LogP contribution in [0.4, 0.5) is 26.3 Å². The van der Waals surface area contributed by atoms with Crippen molar-refractivity contribution in [1.82, 2.24) is 4.90 Å². The smallest absolute Gasteiger partial charge is 0.322 e. The van der Waals surface area contributed by atoms with Gasteiger partial charge < -0.3 is 5.73 Å². The average molecular weight is 432 g/mol. The van der Waals surface area contributed by atoms with Crippen LogP contribution in [0.3, 0.4) is 0 Å². The van der Waals surface area contributed by atoms with Gasteiger partial charge in [0.05, 0.1) is 17.2 Å². The van der Waals surface area contributed by atoms with E-state index in [1.165, 1.54) is 24.3 Å². The third-order valence-electron chi connectivity index (χ3n) is 4.96. The van der Waals surface area contributed by atoms with Crippen molar-refractivity contribution in [3.63, 3.8) is 0 Å². The number of hydrogen-bond acceptors (Lipinski definition) is 2. The summed E-state index contributed by atoms with van der Waals surface area (Å²) in [5.74, 6) is 0. The van der Waals surface area contributed by atoms with Gasteiger partial charge >= 0.3 is 12.4 Å². The first-order valence-corrected chi connectivity index (χ1v) is 9.83. The summed E-state index contributed by atoms with van der Waals surface area (Å²) in [5.41, 5.74) is 6.02. The van der Waals surface area contributed by atoms with E-state index in [9.17, 15) is 26.3 Å². The van der Waals surface area contributed by atoms with Gasteiger partial charge in [0.25, 0.3) is 0 Å². The number of benzene rings is 2. The van der Waals surface area contributed by atoms with Gasteiger partial charge in [-0.25, -0.2) is 0 Å². The van der Waals surface area contributed by atoms with Gasteiger partial charge in [0, 0.05) is 6.04 Å². The molecular formula is C22H26F6N2. The molecule has 0 saturated carbocycles. The molecule has 0 aliphatic rings. The molecule has 2 rings (SSSR count). The quantitative estimate of drug-likeness (QED) is 0.477. The number of rotatable bonds is 8. The van der Waals surface area contributed by atoms with E-state index in [1.807, 2.05) is 13.8 Å². The molecule has 0 unspecified atom stereocenters. The molecule has 2 aromatic carbocycles. The molecule has 2 N–H and O–H groups in total. The Morgan fingerprint density at radius 3 is 1.40 bits per heavy atom. The third kappa shape index (κ3) is 5.98. The summed E-state index contributed by atoms with van der Waals surface area (Å²) < 4.78 is 77.5. The van der Waals surface area contributed by atoms with Gasteiger partial charge in [-0.3, -0.25) is 4.90 Å². The summed E-state index contributed by atoms with van der Waals surface area (Å²) in [7, 11) is 0. The van der Waals surface area contributed by atoms with Crippen molar-refractivity contribution in [1.29, 1.82) is 0 Å².